The van der Waals surface area contributed by atoms with E-state index in [0.717, 1.165) is 0 Å². The molecule has 5 heteroatoms. The van der Waals surface area contributed by atoms with Gasteiger partial charge in [-0.05, 0) is 38.1 Å². The summed E-state index contributed by atoms with van der Waals surface area (Å²) in [6.45, 7) is 3.50. The van der Waals surface area contributed by atoms with Crippen LogP contribution in [0, 0.1) is 0 Å². The summed E-state index contributed by atoms with van der Waals surface area (Å²) in [5, 5.41) is -0.359. The van der Waals surface area contributed by atoms with E-state index in [1.165, 1.54) is 0 Å². The summed E-state index contributed by atoms with van der Waals surface area (Å²) in [5.74, 6) is 0.669. The first-order valence-corrected chi connectivity index (χ1v) is 6.83. The molecule has 90 valence electrons. The maximum atomic E-state index is 11.5. The smallest absolute Gasteiger partial charge is 0.155 e. The maximum absolute atomic E-state index is 11.5. The highest BCUT2D eigenvalue weighted by atomic mass is 32.2. The van der Waals surface area contributed by atoms with E-state index in [1.807, 2.05) is 0 Å². The maximum Gasteiger partial charge on any atom is 0.155 e. The van der Waals surface area contributed by atoms with Crippen LogP contribution in [0.2, 0.25) is 0 Å². The van der Waals surface area contributed by atoms with Gasteiger partial charge in [0.05, 0.1) is 11.0 Å². The highest BCUT2D eigenvalue weighted by Crippen LogP contribution is 2.13. The molecule has 1 rings (SSSR count). The summed E-state index contributed by atoms with van der Waals surface area (Å²) in [4.78, 5) is 0. The first-order chi connectivity index (χ1) is 7.42. The first-order valence-electron chi connectivity index (χ1n) is 5.12. The van der Waals surface area contributed by atoms with Crippen LogP contribution in [0.4, 0.5) is 5.69 Å². The van der Waals surface area contributed by atoms with Gasteiger partial charge in [0.25, 0.3) is 0 Å². The Bertz CT molecular complexity index is 423. The van der Waals surface area contributed by atoms with Crippen LogP contribution in [0.1, 0.15) is 13.8 Å². The van der Waals surface area contributed by atoms with Crippen molar-refractivity contribution in [3.8, 4) is 5.75 Å². The lowest BCUT2D eigenvalue weighted by atomic mass is 10.3. The van der Waals surface area contributed by atoms with Gasteiger partial charge >= 0.3 is 0 Å². The van der Waals surface area contributed by atoms with Gasteiger partial charge in [0.15, 0.2) is 9.84 Å². The van der Waals surface area contributed by atoms with Crippen molar-refractivity contribution in [2.75, 3.05) is 18.1 Å². The van der Waals surface area contributed by atoms with Gasteiger partial charge in [0.2, 0.25) is 0 Å². The third-order valence-electron chi connectivity index (χ3n) is 2.23. The minimum atomic E-state index is -3.03. The van der Waals surface area contributed by atoms with Gasteiger partial charge in [0, 0.05) is 5.69 Å². The van der Waals surface area contributed by atoms with Crippen molar-refractivity contribution < 1.29 is 13.2 Å². The highest BCUT2D eigenvalue weighted by Gasteiger charge is 2.15. The molecule has 0 aromatic heterocycles. The van der Waals surface area contributed by atoms with E-state index in [2.05, 4.69) is 0 Å². The monoisotopic (exact) mass is 243 g/mol. The molecule has 4 nitrogen and oxygen atoms in total. The second-order valence-electron chi connectivity index (χ2n) is 3.83. The van der Waals surface area contributed by atoms with Crippen molar-refractivity contribution in [2.45, 2.75) is 19.1 Å². The number of benzene rings is 1. The predicted octanol–water partition coefficient (Wildman–Crippen LogP) is 1.47. The molecule has 0 heterocycles. The molecule has 0 aliphatic rings. The summed E-state index contributed by atoms with van der Waals surface area (Å²) in [5.41, 5.74) is 6.17. The summed E-state index contributed by atoms with van der Waals surface area (Å²) in [6.07, 6.45) is 0. The van der Waals surface area contributed by atoms with Crippen molar-refractivity contribution in [2.24, 2.45) is 0 Å². The predicted molar refractivity (Wildman–Crippen MR) is 65.3 cm³/mol. The second kappa shape index (κ2) is 5.21. The topological polar surface area (TPSA) is 69.4 Å². The minimum absolute atomic E-state index is 0.0367. The quantitative estimate of drug-likeness (QED) is 0.795. The molecule has 1 aromatic rings. The van der Waals surface area contributed by atoms with Crippen molar-refractivity contribution in [1.29, 1.82) is 0 Å². The van der Waals surface area contributed by atoms with Gasteiger partial charge in [-0.3, -0.25) is 0 Å². The van der Waals surface area contributed by atoms with E-state index in [-0.39, 0.29) is 17.6 Å². The van der Waals surface area contributed by atoms with Crippen LogP contribution in [0.15, 0.2) is 24.3 Å². The molecule has 0 spiro atoms. The third kappa shape index (κ3) is 3.73. The van der Waals surface area contributed by atoms with E-state index in [1.54, 1.807) is 38.1 Å². The van der Waals surface area contributed by atoms with E-state index in [4.69, 9.17) is 10.5 Å². The van der Waals surface area contributed by atoms with Crippen LogP contribution in [0.5, 0.6) is 5.75 Å². The van der Waals surface area contributed by atoms with Gasteiger partial charge in [-0.25, -0.2) is 8.42 Å². The Morgan fingerprint density at radius 3 is 2.31 bits per heavy atom. The SMILES string of the molecule is CC(C)S(=O)(=O)CCOc1ccc(N)cc1. The van der Waals surface area contributed by atoms with E-state index >= 15 is 0 Å². The number of anilines is 1. The molecule has 1 aromatic carbocycles. The summed E-state index contributed by atoms with van der Waals surface area (Å²) >= 11 is 0. The molecular weight excluding hydrogens is 226 g/mol. The number of hydrogen-bond donors (Lipinski definition) is 1. The molecule has 2 N–H and O–H groups in total. The number of rotatable bonds is 5. The van der Waals surface area contributed by atoms with Crippen molar-refractivity contribution in [1.82, 2.24) is 0 Å². The third-order valence-corrected chi connectivity index (χ3v) is 4.41. The summed E-state index contributed by atoms with van der Waals surface area (Å²) in [6, 6.07) is 6.87. The van der Waals surface area contributed by atoms with Crippen LogP contribution in [-0.2, 0) is 9.84 Å². The van der Waals surface area contributed by atoms with Crippen molar-refractivity contribution >= 4 is 15.5 Å². The zero-order chi connectivity index (χ0) is 12.2. The molecule has 0 atom stereocenters. The molecular formula is C11H17NO3S. The second-order valence-corrected chi connectivity index (χ2v) is 6.51. The van der Waals surface area contributed by atoms with E-state index in [9.17, 15) is 8.42 Å². The highest BCUT2D eigenvalue weighted by molar-refractivity contribution is 7.91. The Balaban J connectivity index is 2.45. The number of nitrogen functional groups attached to an aromatic ring is 1. The van der Waals surface area contributed by atoms with Crippen LogP contribution in [-0.4, -0.2) is 26.0 Å². The summed E-state index contributed by atoms with van der Waals surface area (Å²) < 4.78 is 28.3. The van der Waals surface area contributed by atoms with E-state index < -0.39 is 9.84 Å². The van der Waals surface area contributed by atoms with E-state index in [0.29, 0.717) is 11.4 Å². The molecule has 0 aliphatic carbocycles. The Kier molecular flexibility index (Phi) is 4.18. The van der Waals surface area contributed by atoms with Gasteiger partial charge in [-0.2, -0.15) is 0 Å². The fourth-order valence-electron chi connectivity index (χ4n) is 1.08. The average Bonchev–Trinajstić information content (AvgIpc) is 2.20. The lowest BCUT2D eigenvalue weighted by Gasteiger charge is -2.09. The molecule has 0 saturated carbocycles. The van der Waals surface area contributed by atoms with Gasteiger partial charge in [-0.15, -0.1) is 0 Å². The lowest BCUT2D eigenvalue weighted by molar-refractivity contribution is 0.340. The molecule has 0 unspecified atom stereocenters. The fraction of sp³-hybridized carbons (Fsp3) is 0.455. The number of hydrogen-bond acceptors (Lipinski definition) is 4. The molecule has 0 saturated heterocycles. The molecule has 0 bridgehead atoms. The molecule has 0 radical (unpaired) electrons. The molecule has 0 amide bonds. The normalized spacial score (nSPS) is 11.7. The molecule has 0 fully saturated rings. The van der Waals surface area contributed by atoms with Crippen LogP contribution >= 0.6 is 0 Å². The van der Waals surface area contributed by atoms with Crippen LogP contribution < -0.4 is 10.5 Å². The van der Waals surface area contributed by atoms with Crippen molar-refractivity contribution in [3.63, 3.8) is 0 Å². The largest absolute Gasteiger partial charge is 0.493 e. The zero-order valence-electron chi connectivity index (χ0n) is 9.51. The van der Waals surface area contributed by atoms with Gasteiger partial charge < -0.3 is 10.5 Å². The number of sulfone groups is 1. The summed E-state index contributed by atoms with van der Waals surface area (Å²) in [7, 11) is -3.03. The number of nitrogens with two attached hydrogens (primary N) is 1. The Morgan fingerprint density at radius 2 is 1.81 bits per heavy atom. The standard InChI is InChI=1S/C11H17NO3S/c1-9(2)16(13,14)8-7-15-11-5-3-10(12)4-6-11/h3-6,9H,7-8,12H2,1-2H3. The molecule has 0 aliphatic heterocycles. The Morgan fingerprint density at radius 1 is 1.25 bits per heavy atom. The number of ether oxygens (including phenoxy) is 1. The Labute approximate surface area is 96.3 Å². The average molecular weight is 243 g/mol. The van der Waals surface area contributed by atoms with Crippen LogP contribution in [0.25, 0.3) is 0 Å². The van der Waals surface area contributed by atoms with Crippen LogP contribution in [0.3, 0.4) is 0 Å². The van der Waals surface area contributed by atoms with Gasteiger partial charge in [0.1, 0.15) is 12.4 Å². The first kappa shape index (κ1) is 12.8. The zero-order valence-corrected chi connectivity index (χ0v) is 10.3. The van der Waals surface area contributed by atoms with Gasteiger partial charge in [-0.1, -0.05) is 0 Å². The fourth-order valence-corrected chi connectivity index (χ4v) is 1.86. The lowest BCUT2D eigenvalue weighted by Crippen LogP contribution is -2.21. The Hall–Kier alpha value is -1.23. The van der Waals surface area contributed by atoms with Crippen molar-refractivity contribution in [3.05, 3.63) is 24.3 Å². The minimum Gasteiger partial charge on any atom is -0.493 e. The molecule has 16 heavy (non-hydrogen) atoms.